The van der Waals surface area contributed by atoms with Gasteiger partial charge < -0.3 is 10.1 Å². The summed E-state index contributed by atoms with van der Waals surface area (Å²) in [7, 11) is 1.48. The summed E-state index contributed by atoms with van der Waals surface area (Å²) in [5, 5.41) is 3.52. The lowest BCUT2D eigenvalue weighted by Crippen LogP contribution is -2.31. The van der Waals surface area contributed by atoms with E-state index >= 15 is 0 Å². The zero-order chi connectivity index (χ0) is 15.3. The Morgan fingerprint density at radius 2 is 1.70 bits per heavy atom. The first-order chi connectivity index (χ1) is 9.36. The number of nitrogens with one attached hydrogen (secondary N) is 1. The molecule has 20 heavy (non-hydrogen) atoms. The second-order valence-electron chi connectivity index (χ2n) is 6.18. The minimum absolute atomic E-state index is 0.135. The SMILES string of the molecule is COc1ccc(C(C)NCC(C(C)C)C(C)C)cc1F. The first kappa shape index (κ1) is 17.0. The van der Waals surface area contributed by atoms with Gasteiger partial charge in [0, 0.05) is 6.04 Å². The summed E-state index contributed by atoms with van der Waals surface area (Å²) in [4.78, 5) is 0. The fraction of sp³-hybridized carbons (Fsp3) is 0.647. The highest BCUT2D eigenvalue weighted by Crippen LogP contribution is 2.24. The Hall–Kier alpha value is -1.09. The number of halogens is 1. The quantitative estimate of drug-likeness (QED) is 0.799. The lowest BCUT2D eigenvalue weighted by atomic mass is 9.85. The van der Waals surface area contributed by atoms with Gasteiger partial charge in [0.2, 0.25) is 0 Å². The normalized spacial score (nSPS) is 13.3. The van der Waals surface area contributed by atoms with Crippen LogP contribution in [0, 0.1) is 23.6 Å². The minimum atomic E-state index is -0.303. The Balaban J connectivity index is 2.66. The zero-order valence-corrected chi connectivity index (χ0v) is 13.5. The molecule has 0 amide bonds. The van der Waals surface area contributed by atoms with Gasteiger partial charge in [-0.1, -0.05) is 33.8 Å². The van der Waals surface area contributed by atoms with Gasteiger partial charge in [0.25, 0.3) is 0 Å². The standard InChI is InChI=1S/C17H28FNO/c1-11(2)15(12(3)4)10-19-13(5)14-7-8-17(20-6)16(18)9-14/h7-9,11-13,15,19H,10H2,1-6H3. The van der Waals surface area contributed by atoms with Gasteiger partial charge in [0.1, 0.15) is 0 Å². The largest absolute Gasteiger partial charge is 0.494 e. The van der Waals surface area contributed by atoms with E-state index in [1.807, 2.05) is 6.07 Å². The molecular weight excluding hydrogens is 253 g/mol. The maximum Gasteiger partial charge on any atom is 0.165 e. The van der Waals surface area contributed by atoms with Crippen LogP contribution in [0.25, 0.3) is 0 Å². The van der Waals surface area contributed by atoms with Crippen molar-refractivity contribution in [2.24, 2.45) is 17.8 Å². The number of hydrogen-bond donors (Lipinski definition) is 1. The van der Waals surface area contributed by atoms with E-state index in [1.165, 1.54) is 7.11 Å². The molecule has 0 aliphatic heterocycles. The molecule has 0 bridgehead atoms. The van der Waals surface area contributed by atoms with Crippen LogP contribution in [0.15, 0.2) is 18.2 Å². The molecule has 0 aliphatic rings. The van der Waals surface area contributed by atoms with Crippen LogP contribution in [0.3, 0.4) is 0 Å². The van der Waals surface area contributed by atoms with Crippen molar-refractivity contribution < 1.29 is 9.13 Å². The van der Waals surface area contributed by atoms with Crippen molar-refractivity contribution in [2.45, 2.75) is 40.7 Å². The molecule has 1 aromatic carbocycles. The lowest BCUT2D eigenvalue weighted by molar-refractivity contribution is 0.268. The van der Waals surface area contributed by atoms with Crippen LogP contribution >= 0.6 is 0 Å². The molecule has 1 atom stereocenters. The van der Waals surface area contributed by atoms with Crippen LogP contribution in [0.4, 0.5) is 4.39 Å². The Morgan fingerprint density at radius 3 is 2.15 bits per heavy atom. The highest BCUT2D eigenvalue weighted by molar-refractivity contribution is 5.30. The molecule has 1 rings (SSSR count). The Labute approximate surface area is 122 Å². The van der Waals surface area contributed by atoms with Crippen LogP contribution < -0.4 is 10.1 Å². The zero-order valence-electron chi connectivity index (χ0n) is 13.5. The van der Waals surface area contributed by atoms with Gasteiger partial charge in [-0.15, -0.1) is 0 Å². The molecule has 0 radical (unpaired) electrons. The van der Waals surface area contributed by atoms with Crippen LogP contribution in [-0.2, 0) is 0 Å². The number of ether oxygens (including phenoxy) is 1. The molecule has 1 aromatic rings. The third-order valence-electron chi connectivity index (χ3n) is 4.05. The van der Waals surface area contributed by atoms with Gasteiger partial charge in [-0.3, -0.25) is 0 Å². The molecule has 0 fully saturated rings. The molecular formula is C17H28FNO. The van der Waals surface area contributed by atoms with Crippen LogP contribution in [0.2, 0.25) is 0 Å². The predicted octanol–water partition coefficient (Wildman–Crippen LogP) is 4.41. The van der Waals surface area contributed by atoms with E-state index in [4.69, 9.17) is 4.74 Å². The van der Waals surface area contributed by atoms with Gasteiger partial charge >= 0.3 is 0 Å². The molecule has 0 saturated heterocycles. The number of rotatable bonds is 7. The smallest absolute Gasteiger partial charge is 0.165 e. The maximum atomic E-state index is 13.7. The summed E-state index contributed by atoms with van der Waals surface area (Å²) in [5.41, 5.74) is 0.953. The van der Waals surface area contributed by atoms with Crippen molar-refractivity contribution in [1.82, 2.24) is 5.32 Å². The lowest BCUT2D eigenvalue weighted by Gasteiger charge is -2.27. The van der Waals surface area contributed by atoms with Gasteiger partial charge in [-0.2, -0.15) is 0 Å². The van der Waals surface area contributed by atoms with E-state index in [1.54, 1.807) is 12.1 Å². The second kappa shape index (κ2) is 7.63. The van der Waals surface area contributed by atoms with Crippen molar-refractivity contribution in [3.8, 4) is 5.75 Å². The van der Waals surface area contributed by atoms with Crippen molar-refractivity contribution in [1.29, 1.82) is 0 Å². The molecule has 0 aromatic heterocycles. The highest BCUT2D eigenvalue weighted by atomic mass is 19.1. The van der Waals surface area contributed by atoms with Gasteiger partial charge in [-0.05, 0) is 48.9 Å². The summed E-state index contributed by atoms with van der Waals surface area (Å²) in [6.45, 7) is 12.0. The van der Waals surface area contributed by atoms with Gasteiger partial charge in [-0.25, -0.2) is 4.39 Å². The summed E-state index contributed by atoms with van der Waals surface area (Å²) >= 11 is 0. The van der Waals surface area contributed by atoms with E-state index in [-0.39, 0.29) is 11.9 Å². The Bertz CT molecular complexity index is 409. The number of hydrogen-bond acceptors (Lipinski definition) is 2. The molecule has 1 N–H and O–H groups in total. The van der Waals surface area contributed by atoms with E-state index < -0.39 is 0 Å². The van der Waals surface area contributed by atoms with Crippen molar-refractivity contribution in [3.05, 3.63) is 29.6 Å². The molecule has 3 heteroatoms. The summed E-state index contributed by atoms with van der Waals surface area (Å²) in [6, 6.07) is 5.29. The van der Waals surface area contributed by atoms with Gasteiger partial charge in [0.15, 0.2) is 11.6 Å². The Kier molecular flexibility index (Phi) is 6.47. The maximum absolute atomic E-state index is 13.7. The highest BCUT2D eigenvalue weighted by Gasteiger charge is 2.18. The third-order valence-corrected chi connectivity index (χ3v) is 4.05. The second-order valence-corrected chi connectivity index (χ2v) is 6.18. The predicted molar refractivity (Wildman–Crippen MR) is 82.5 cm³/mol. The molecule has 0 saturated carbocycles. The molecule has 114 valence electrons. The number of benzene rings is 1. The van der Waals surface area contributed by atoms with Crippen LogP contribution in [-0.4, -0.2) is 13.7 Å². The fourth-order valence-corrected chi connectivity index (χ4v) is 2.62. The molecule has 2 nitrogen and oxygen atoms in total. The van der Waals surface area contributed by atoms with Crippen LogP contribution in [0.1, 0.15) is 46.2 Å². The van der Waals surface area contributed by atoms with Crippen LogP contribution in [0.5, 0.6) is 5.75 Å². The number of methoxy groups -OCH3 is 1. The van der Waals surface area contributed by atoms with Gasteiger partial charge in [0.05, 0.1) is 7.11 Å². The molecule has 0 aliphatic carbocycles. The van der Waals surface area contributed by atoms with Crippen molar-refractivity contribution >= 4 is 0 Å². The first-order valence-corrected chi connectivity index (χ1v) is 7.43. The minimum Gasteiger partial charge on any atom is -0.494 e. The molecule has 0 heterocycles. The van der Waals surface area contributed by atoms with Crippen molar-refractivity contribution in [3.63, 3.8) is 0 Å². The Morgan fingerprint density at radius 1 is 1.10 bits per heavy atom. The third kappa shape index (κ3) is 4.48. The summed E-state index contributed by atoms with van der Waals surface area (Å²) in [6.07, 6.45) is 0. The fourth-order valence-electron chi connectivity index (χ4n) is 2.62. The van der Waals surface area contributed by atoms with E-state index in [0.717, 1.165) is 12.1 Å². The average Bonchev–Trinajstić information content (AvgIpc) is 2.37. The van der Waals surface area contributed by atoms with Crippen molar-refractivity contribution in [2.75, 3.05) is 13.7 Å². The molecule has 0 spiro atoms. The summed E-state index contributed by atoms with van der Waals surface area (Å²) < 4.78 is 18.7. The monoisotopic (exact) mass is 281 g/mol. The van der Waals surface area contributed by atoms with E-state index in [2.05, 4.69) is 39.9 Å². The van der Waals surface area contributed by atoms with E-state index in [0.29, 0.717) is 23.5 Å². The topological polar surface area (TPSA) is 21.3 Å². The van der Waals surface area contributed by atoms with E-state index in [9.17, 15) is 4.39 Å². The molecule has 1 unspecified atom stereocenters. The average molecular weight is 281 g/mol. The first-order valence-electron chi connectivity index (χ1n) is 7.43. The summed E-state index contributed by atoms with van der Waals surface area (Å²) in [5.74, 6) is 1.90.